The summed E-state index contributed by atoms with van der Waals surface area (Å²) < 4.78 is 3.19. The standard InChI is InChI=1S/C15H21N5O3/c1-4-19-11(3)12(9-17-19)10(2)18-14(21)6-8-20-13(15(22)23)5-7-16-20/h5,7,9-10H,4,6,8H2,1-3H3,(H,18,21)(H,22,23). The van der Waals surface area contributed by atoms with Crippen molar-refractivity contribution in [2.75, 3.05) is 0 Å². The van der Waals surface area contributed by atoms with Crippen LogP contribution < -0.4 is 5.32 Å². The Bertz CT molecular complexity index is 704. The van der Waals surface area contributed by atoms with Gasteiger partial charge in [-0.15, -0.1) is 0 Å². The number of aromatic carboxylic acids is 1. The van der Waals surface area contributed by atoms with E-state index in [9.17, 15) is 9.59 Å². The summed E-state index contributed by atoms with van der Waals surface area (Å²) in [5.74, 6) is -1.22. The Balaban J connectivity index is 1.92. The summed E-state index contributed by atoms with van der Waals surface area (Å²) in [6, 6.07) is 1.25. The largest absolute Gasteiger partial charge is 0.477 e. The van der Waals surface area contributed by atoms with Crippen molar-refractivity contribution >= 4 is 11.9 Å². The molecule has 1 unspecified atom stereocenters. The predicted molar refractivity (Wildman–Crippen MR) is 83.0 cm³/mol. The van der Waals surface area contributed by atoms with E-state index in [-0.39, 0.29) is 30.6 Å². The molecule has 0 aliphatic carbocycles. The van der Waals surface area contributed by atoms with Gasteiger partial charge in [-0.25, -0.2) is 4.79 Å². The molecule has 1 atom stereocenters. The molecule has 0 fully saturated rings. The Morgan fingerprint density at radius 2 is 2.09 bits per heavy atom. The minimum Gasteiger partial charge on any atom is -0.477 e. The number of aromatic nitrogens is 4. The summed E-state index contributed by atoms with van der Waals surface area (Å²) in [5, 5.41) is 20.1. The zero-order valence-corrected chi connectivity index (χ0v) is 13.5. The first-order chi connectivity index (χ1) is 10.9. The summed E-state index contributed by atoms with van der Waals surface area (Å²) in [6.07, 6.45) is 3.33. The molecule has 0 aliphatic heterocycles. The lowest BCUT2D eigenvalue weighted by Crippen LogP contribution is -2.28. The predicted octanol–water partition coefficient (Wildman–Crippen LogP) is 1.37. The Morgan fingerprint density at radius 1 is 1.35 bits per heavy atom. The van der Waals surface area contributed by atoms with Crippen molar-refractivity contribution in [2.45, 2.75) is 46.3 Å². The van der Waals surface area contributed by atoms with Gasteiger partial charge in [0.05, 0.1) is 18.8 Å². The van der Waals surface area contributed by atoms with E-state index in [1.165, 1.54) is 16.9 Å². The van der Waals surface area contributed by atoms with Crippen LogP contribution >= 0.6 is 0 Å². The van der Waals surface area contributed by atoms with Crippen molar-refractivity contribution in [1.82, 2.24) is 24.9 Å². The number of aryl methyl sites for hydroxylation is 2. The maximum absolute atomic E-state index is 12.1. The quantitative estimate of drug-likeness (QED) is 0.802. The monoisotopic (exact) mass is 319 g/mol. The van der Waals surface area contributed by atoms with Gasteiger partial charge in [0.25, 0.3) is 0 Å². The third-order valence-electron chi connectivity index (χ3n) is 3.77. The Kier molecular flexibility index (Phi) is 5.15. The van der Waals surface area contributed by atoms with Crippen LogP contribution in [0.5, 0.6) is 0 Å². The van der Waals surface area contributed by atoms with Gasteiger partial charge in [-0.05, 0) is 26.8 Å². The van der Waals surface area contributed by atoms with E-state index in [0.29, 0.717) is 0 Å². The third-order valence-corrected chi connectivity index (χ3v) is 3.77. The van der Waals surface area contributed by atoms with Gasteiger partial charge >= 0.3 is 5.97 Å². The van der Waals surface area contributed by atoms with E-state index >= 15 is 0 Å². The highest BCUT2D eigenvalue weighted by Crippen LogP contribution is 2.16. The molecule has 23 heavy (non-hydrogen) atoms. The molecule has 8 heteroatoms. The number of carboxylic acid groups (broad SMARTS) is 1. The lowest BCUT2D eigenvalue weighted by Gasteiger charge is -2.14. The highest BCUT2D eigenvalue weighted by Gasteiger charge is 2.16. The number of rotatable bonds is 7. The fraction of sp³-hybridized carbons (Fsp3) is 0.467. The van der Waals surface area contributed by atoms with E-state index < -0.39 is 5.97 Å². The molecule has 0 radical (unpaired) electrons. The molecule has 2 aromatic heterocycles. The fourth-order valence-corrected chi connectivity index (χ4v) is 2.50. The van der Waals surface area contributed by atoms with Crippen LogP contribution in [0.25, 0.3) is 0 Å². The molecular formula is C15H21N5O3. The van der Waals surface area contributed by atoms with Crippen LogP contribution in [0, 0.1) is 6.92 Å². The SMILES string of the molecule is CCn1ncc(C(C)NC(=O)CCn2nccc2C(=O)O)c1C. The Morgan fingerprint density at radius 3 is 2.70 bits per heavy atom. The fourth-order valence-electron chi connectivity index (χ4n) is 2.50. The second kappa shape index (κ2) is 7.08. The average Bonchev–Trinajstić information content (AvgIpc) is 3.11. The average molecular weight is 319 g/mol. The van der Waals surface area contributed by atoms with Gasteiger partial charge in [-0.1, -0.05) is 0 Å². The molecule has 2 rings (SSSR count). The number of nitrogens with zero attached hydrogens (tertiary/aromatic N) is 4. The molecule has 2 aromatic rings. The first kappa shape index (κ1) is 16.7. The van der Waals surface area contributed by atoms with Crippen molar-refractivity contribution < 1.29 is 14.7 Å². The lowest BCUT2D eigenvalue weighted by atomic mass is 10.1. The van der Waals surface area contributed by atoms with Crippen LogP contribution in [0.3, 0.4) is 0 Å². The molecule has 0 saturated heterocycles. The first-order valence-electron chi connectivity index (χ1n) is 7.50. The van der Waals surface area contributed by atoms with Gasteiger partial charge in [0.1, 0.15) is 5.69 Å². The van der Waals surface area contributed by atoms with Crippen molar-refractivity contribution in [1.29, 1.82) is 0 Å². The maximum Gasteiger partial charge on any atom is 0.354 e. The summed E-state index contributed by atoms with van der Waals surface area (Å²) in [6.45, 7) is 6.89. The van der Waals surface area contributed by atoms with E-state index in [4.69, 9.17) is 5.11 Å². The van der Waals surface area contributed by atoms with Crippen LogP contribution in [0.4, 0.5) is 0 Å². The second-order valence-electron chi connectivity index (χ2n) is 5.29. The Labute approximate surface area is 134 Å². The van der Waals surface area contributed by atoms with Crippen LogP contribution in [0.1, 0.15) is 48.1 Å². The maximum atomic E-state index is 12.1. The summed E-state index contributed by atoms with van der Waals surface area (Å²) in [5.41, 5.74) is 2.08. The summed E-state index contributed by atoms with van der Waals surface area (Å²) in [4.78, 5) is 23.1. The van der Waals surface area contributed by atoms with Gasteiger partial charge < -0.3 is 10.4 Å². The number of carbonyl (C=O) groups excluding carboxylic acids is 1. The first-order valence-corrected chi connectivity index (χ1v) is 7.50. The van der Waals surface area contributed by atoms with Gasteiger partial charge in [0.2, 0.25) is 5.91 Å². The topological polar surface area (TPSA) is 102 Å². The molecule has 0 bridgehead atoms. The highest BCUT2D eigenvalue weighted by molar-refractivity contribution is 5.85. The Hall–Kier alpha value is -2.64. The summed E-state index contributed by atoms with van der Waals surface area (Å²) in [7, 11) is 0. The molecule has 0 spiro atoms. The zero-order valence-electron chi connectivity index (χ0n) is 13.5. The van der Waals surface area contributed by atoms with Gasteiger partial charge in [-0.2, -0.15) is 10.2 Å². The van der Waals surface area contributed by atoms with E-state index in [0.717, 1.165) is 17.8 Å². The number of amides is 1. The summed E-state index contributed by atoms with van der Waals surface area (Å²) >= 11 is 0. The zero-order chi connectivity index (χ0) is 17.0. The van der Waals surface area contributed by atoms with Crippen molar-refractivity contribution in [2.24, 2.45) is 0 Å². The number of nitrogens with one attached hydrogen (secondary N) is 1. The minimum atomic E-state index is -1.06. The number of hydrogen-bond acceptors (Lipinski definition) is 4. The molecule has 0 saturated carbocycles. The third kappa shape index (κ3) is 3.77. The van der Waals surface area contributed by atoms with Gasteiger partial charge in [-0.3, -0.25) is 14.2 Å². The molecule has 2 N–H and O–H groups in total. The van der Waals surface area contributed by atoms with E-state index in [2.05, 4.69) is 15.5 Å². The van der Waals surface area contributed by atoms with Crippen molar-refractivity contribution in [3.8, 4) is 0 Å². The van der Waals surface area contributed by atoms with E-state index in [1.54, 1.807) is 6.20 Å². The molecule has 0 aliphatic rings. The lowest BCUT2D eigenvalue weighted by molar-refractivity contribution is -0.122. The molecular weight excluding hydrogens is 298 g/mol. The molecule has 8 nitrogen and oxygen atoms in total. The van der Waals surface area contributed by atoms with Gasteiger partial charge in [0, 0.05) is 30.4 Å². The number of hydrogen-bond donors (Lipinski definition) is 2. The number of carbonyl (C=O) groups is 2. The van der Waals surface area contributed by atoms with Crippen molar-refractivity contribution in [3.63, 3.8) is 0 Å². The van der Waals surface area contributed by atoms with Gasteiger partial charge in [0.15, 0.2) is 0 Å². The van der Waals surface area contributed by atoms with E-state index in [1.807, 2.05) is 25.5 Å². The minimum absolute atomic E-state index is 0.0749. The van der Waals surface area contributed by atoms with Crippen LogP contribution in [0.2, 0.25) is 0 Å². The highest BCUT2D eigenvalue weighted by atomic mass is 16.4. The van der Waals surface area contributed by atoms with Crippen LogP contribution in [0.15, 0.2) is 18.5 Å². The molecule has 2 heterocycles. The van der Waals surface area contributed by atoms with Crippen LogP contribution in [-0.4, -0.2) is 36.5 Å². The molecule has 124 valence electrons. The van der Waals surface area contributed by atoms with Crippen molar-refractivity contribution in [3.05, 3.63) is 35.4 Å². The normalized spacial score (nSPS) is 12.1. The van der Waals surface area contributed by atoms with Crippen LogP contribution in [-0.2, 0) is 17.9 Å². The smallest absolute Gasteiger partial charge is 0.354 e. The second-order valence-corrected chi connectivity index (χ2v) is 5.29. The number of carboxylic acids is 1. The molecule has 0 aromatic carbocycles. The molecule has 1 amide bonds.